The van der Waals surface area contributed by atoms with E-state index in [-0.39, 0.29) is 11.6 Å². The van der Waals surface area contributed by atoms with Crippen LogP contribution in [0.3, 0.4) is 0 Å². The van der Waals surface area contributed by atoms with Gasteiger partial charge in [-0.15, -0.1) is 10.2 Å². The molecule has 1 atom stereocenters. The summed E-state index contributed by atoms with van der Waals surface area (Å²) in [5.74, 6) is -0.950. The van der Waals surface area contributed by atoms with Crippen LogP contribution in [0.1, 0.15) is 49.0 Å². The van der Waals surface area contributed by atoms with Gasteiger partial charge in [-0.1, -0.05) is 12.1 Å². The predicted octanol–water partition coefficient (Wildman–Crippen LogP) is 3.59. The van der Waals surface area contributed by atoms with Crippen molar-refractivity contribution < 1.29 is 27.1 Å². The van der Waals surface area contributed by atoms with Crippen LogP contribution in [0.15, 0.2) is 30.6 Å². The van der Waals surface area contributed by atoms with Gasteiger partial charge in [-0.2, -0.15) is 17.6 Å². The SMILES string of the molecule is CC(NC(=O)c1ccccc1OC(F)(F)C(F)F)c1nncn1C(C)C. The molecule has 1 heterocycles. The van der Waals surface area contributed by atoms with Gasteiger partial charge >= 0.3 is 12.5 Å². The number of carbonyl (C=O) groups excluding carboxylic acids is 1. The normalized spacial score (nSPS) is 13.1. The molecule has 0 aliphatic rings. The Hall–Kier alpha value is -2.65. The summed E-state index contributed by atoms with van der Waals surface area (Å²) in [5.41, 5.74) is -0.296. The molecule has 0 fully saturated rings. The number of aromatic nitrogens is 3. The first-order valence-electron chi connectivity index (χ1n) is 7.77. The van der Waals surface area contributed by atoms with Crippen molar-refractivity contribution in [2.24, 2.45) is 0 Å². The summed E-state index contributed by atoms with van der Waals surface area (Å²) in [6.07, 6.45) is -7.23. The highest BCUT2D eigenvalue weighted by Crippen LogP contribution is 2.30. The zero-order chi connectivity index (χ0) is 19.5. The van der Waals surface area contributed by atoms with E-state index in [1.54, 1.807) is 11.5 Å². The lowest BCUT2D eigenvalue weighted by atomic mass is 10.1. The molecule has 26 heavy (non-hydrogen) atoms. The Morgan fingerprint density at radius 3 is 2.50 bits per heavy atom. The van der Waals surface area contributed by atoms with Crippen molar-refractivity contribution in [1.29, 1.82) is 0 Å². The topological polar surface area (TPSA) is 69.0 Å². The van der Waals surface area contributed by atoms with E-state index < -0.39 is 30.2 Å². The standard InChI is InChI=1S/C16H18F4N4O2/c1-9(2)24-8-21-23-13(24)10(3)22-14(25)11-6-4-5-7-12(11)26-16(19,20)15(17)18/h4-10,15H,1-3H3,(H,22,25). The van der Waals surface area contributed by atoms with Crippen molar-refractivity contribution in [2.75, 3.05) is 0 Å². The highest BCUT2D eigenvalue weighted by Gasteiger charge is 2.44. The minimum Gasteiger partial charge on any atom is -0.427 e. The second-order valence-electron chi connectivity index (χ2n) is 5.85. The van der Waals surface area contributed by atoms with Crippen molar-refractivity contribution in [2.45, 2.75) is 45.4 Å². The first-order valence-corrected chi connectivity index (χ1v) is 7.77. The molecule has 0 saturated heterocycles. The molecule has 2 aromatic rings. The number of carbonyl (C=O) groups is 1. The fraction of sp³-hybridized carbons (Fsp3) is 0.438. The summed E-state index contributed by atoms with van der Waals surface area (Å²) < 4.78 is 56.9. The maximum Gasteiger partial charge on any atom is 0.461 e. The molecule has 0 aliphatic heterocycles. The fourth-order valence-corrected chi connectivity index (χ4v) is 2.23. The zero-order valence-corrected chi connectivity index (χ0v) is 14.3. The monoisotopic (exact) mass is 374 g/mol. The Labute approximate surface area is 147 Å². The van der Waals surface area contributed by atoms with Crippen LogP contribution in [-0.4, -0.2) is 33.2 Å². The molecular weight excluding hydrogens is 356 g/mol. The molecule has 0 aliphatic carbocycles. The van der Waals surface area contributed by atoms with E-state index in [4.69, 9.17) is 0 Å². The minimum absolute atomic E-state index is 0.0414. The van der Waals surface area contributed by atoms with Crippen molar-refractivity contribution in [3.63, 3.8) is 0 Å². The van der Waals surface area contributed by atoms with Gasteiger partial charge in [-0.05, 0) is 32.9 Å². The first-order chi connectivity index (χ1) is 12.1. The molecule has 1 aromatic heterocycles. The quantitative estimate of drug-likeness (QED) is 0.752. The van der Waals surface area contributed by atoms with E-state index in [0.29, 0.717) is 5.82 Å². The van der Waals surface area contributed by atoms with Crippen LogP contribution in [0.5, 0.6) is 5.75 Å². The molecule has 142 valence electrons. The smallest absolute Gasteiger partial charge is 0.427 e. The zero-order valence-electron chi connectivity index (χ0n) is 14.3. The average molecular weight is 374 g/mol. The number of nitrogens with one attached hydrogen (secondary N) is 1. The summed E-state index contributed by atoms with van der Waals surface area (Å²) in [4.78, 5) is 12.4. The molecule has 6 nitrogen and oxygen atoms in total. The average Bonchev–Trinajstić information content (AvgIpc) is 3.04. The van der Waals surface area contributed by atoms with Crippen LogP contribution in [0, 0.1) is 0 Å². The minimum atomic E-state index is -4.71. The summed E-state index contributed by atoms with van der Waals surface area (Å²) in [6.45, 7) is 5.44. The lowest BCUT2D eigenvalue weighted by Gasteiger charge is -2.20. The third kappa shape index (κ3) is 4.30. The predicted molar refractivity (Wildman–Crippen MR) is 84.3 cm³/mol. The van der Waals surface area contributed by atoms with Crippen LogP contribution >= 0.6 is 0 Å². The number of ether oxygens (including phenoxy) is 1. The maximum absolute atomic E-state index is 13.2. The van der Waals surface area contributed by atoms with Crippen molar-refractivity contribution in [1.82, 2.24) is 20.1 Å². The number of halogens is 4. The Balaban J connectivity index is 2.21. The molecule has 2 rings (SSSR count). The van der Waals surface area contributed by atoms with E-state index in [0.717, 1.165) is 6.07 Å². The maximum atomic E-state index is 13.2. The van der Waals surface area contributed by atoms with Crippen LogP contribution in [0.2, 0.25) is 0 Å². The number of alkyl halides is 4. The highest BCUT2D eigenvalue weighted by atomic mass is 19.3. The second kappa shape index (κ2) is 7.71. The number of amides is 1. The molecule has 10 heteroatoms. The number of hydrogen-bond acceptors (Lipinski definition) is 4. The summed E-state index contributed by atoms with van der Waals surface area (Å²) in [5, 5.41) is 10.3. The van der Waals surface area contributed by atoms with Gasteiger partial charge in [0.2, 0.25) is 0 Å². The molecule has 0 bridgehead atoms. The largest absolute Gasteiger partial charge is 0.461 e. The molecule has 1 amide bonds. The highest BCUT2D eigenvalue weighted by molar-refractivity contribution is 5.97. The molecule has 0 radical (unpaired) electrons. The van der Waals surface area contributed by atoms with Crippen LogP contribution in [-0.2, 0) is 0 Å². The van der Waals surface area contributed by atoms with E-state index >= 15 is 0 Å². The van der Waals surface area contributed by atoms with Crippen LogP contribution in [0.4, 0.5) is 17.6 Å². The Morgan fingerprint density at radius 2 is 1.88 bits per heavy atom. The first kappa shape index (κ1) is 19.7. The Bertz CT molecular complexity index is 764. The van der Waals surface area contributed by atoms with Gasteiger partial charge in [0.25, 0.3) is 5.91 Å². The third-order valence-electron chi connectivity index (χ3n) is 3.52. The van der Waals surface area contributed by atoms with Gasteiger partial charge < -0.3 is 14.6 Å². The number of para-hydroxylation sites is 1. The summed E-state index contributed by atoms with van der Waals surface area (Å²) >= 11 is 0. The molecule has 0 saturated carbocycles. The number of nitrogens with zero attached hydrogens (tertiary/aromatic N) is 3. The van der Waals surface area contributed by atoms with Gasteiger partial charge in [-0.25, -0.2) is 0 Å². The third-order valence-corrected chi connectivity index (χ3v) is 3.52. The van der Waals surface area contributed by atoms with E-state index in [1.165, 1.54) is 24.5 Å². The van der Waals surface area contributed by atoms with Gasteiger partial charge in [0.1, 0.15) is 12.1 Å². The van der Waals surface area contributed by atoms with Crippen molar-refractivity contribution in [3.8, 4) is 5.75 Å². The van der Waals surface area contributed by atoms with Crippen LogP contribution in [0.25, 0.3) is 0 Å². The summed E-state index contributed by atoms with van der Waals surface area (Å²) in [6, 6.07) is 4.37. The summed E-state index contributed by atoms with van der Waals surface area (Å²) in [7, 11) is 0. The molecule has 1 N–H and O–H groups in total. The van der Waals surface area contributed by atoms with Gasteiger partial charge in [0.15, 0.2) is 5.82 Å². The number of hydrogen-bond donors (Lipinski definition) is 1. The van der Waals surface area contributed by atoms with Gasteiger partial charge in [0, 0.05) is 6.04 Å². The molecule has 1 unspecified atom stereocenters. The molecule has 1 aromatic carbocycles. The van der Waals surface area contributed by atoms with E-state index in [9.17, 15) is 22.4 Å². The Kier molecular flexibility index (Phi) is 5.83. The molecule has 0 spiro atoms. The number of rotatable bonds is 7. The molecular formula is C16H18F4N4O2. The van der Waals surface area contributed by atoms with Gasteiger partial charge in [-0.3, -0.25) is 4.79 Å². The second-order valence-corrected chi connectivity index (χ2v) is 5.85. The van der Waals surface area contributed by atoms with Crippen molar-refractivity contribution >= 4 is 5.91 Å². The number of benzene rings is 1. The van der Waals surface area contributed by atoms with Gasteiger partial charge in [0.05, 0.1) is 11.6 Å². The fourth-order valence-electron chi connectivity index (χ4n) is 2.23. The lowest BCUT2D eigenvalue weighted by Crippen LogP contribution is -2.35. The van der Waals surface area contributed by atoms with E-state index in [1.807, 2.05) is 13.8 Å². The van der Waals surface area contributed by atoms with E-state index in [2.05, 4.69) is 20.3 Å². The Morgan fingerprint density at radius 1 is 1.23 bits per heavy atom. The van der Waals surface area contributed by atoms with Crippen LogP contribution < -0.4 is 10.1 Å². The lowest BCUT2D eigenvalue weighted by molar-refractivity contribution is -0.253. The van der Waals surface area contributed by atoms with Crippen molar-refractivity contribution in [3.05, 3.63) is 42.0 Å².